The zero-order valence-corrected chi connectivity index (χ0v) is 75.2. The lowest BCUT2D eigenvalue weighted by atomic mass is 10.3. The molecule has 0 bridgehead atoms. The van der Waals surface area contributed by atoms with Gasteiger partial charge in [-0.1, -0.05) is 0 Å². The molecule has 0 heterocycles. The highest BCUT2D eigenvalue weighted by atomic mass is 16.6. The number of nitrogens with zero attached hydrogens (tertiary/aromatic N) is 12. The lowest BCUT2D eigenvalue weighted by molar-refractivity contribution is -0.148. The third kappa shape index (κ3) is 70.0. The van der Waals surface area contributed by atoms with E-state index in [0.29, 0.717) is 0 Å². The number of hydrogen-bond acceptors (Lipinski definition) is 46. The van der Waals surface area contributed by atoms with Crippen molar-refractivity contribution in [2.45, 2.75) is 70.6 Å². The molecule has 1 amide bonds. The highest BCUT2D eigenvalue weighted by Gasteiger charge is 2.24. The van der Waals surface area contributed by atoms with Gasteiger partial charge >= 0.3 is 59.7 Å². The molecule has 14 N–H and O–H groups in total. The van der Waals surface area contributed by atoms with E-state index in [9.17, 15) is 124 Å². The Kier molecular flexibility index (Phi) is 79.9. The zero-order chi connectivity index (χ0) is 94.8. The van der Waals surface area contributed by atoms with Crippen molar-refractivity contribution in [3.8, 4) is 0 Å². The molecule has 0 saturated heterocycles. The summed E-state index contributed by atoms with van der Waals surface area (Å²) in [5.41, 5.74) is 0. The van der Waals surface area contributed by atoms with Crippen LogP contribution in [0.3, 0.4) is 0 Å². The summed E-state index contributed by atoms with van der Waals surface area (Å²) in [6.07, 6.45) is -1.19. The van der Waals surface area contributed by atoms with Gasteiger partial charge in [-0.2, -0.15) is 0 Å². The second-order valence-corrected chi connectivity index (χ2v) is 29.2. The van der Waals surface area contributed by atoms with Crippen LogP contribution in [0.5, 0.6) is 0 Å². The molecule has 0 rings (SSSR count). The molecule has 0 unspecified atom stereocenters. The van der Waals surface area contributed by atoms with Crippen molar-refractivity contribution in [2.24, 2.45) is 0 Å². The monoisotopic (exact) mass is 1860 g/mol. The van der Waals surface area contributed by atoms with E-state index < -0.39 is 65.6 Å². The number of hydrogen-bond donors (Lipinski definition) is 14. The minimum absolute atomic E-state index is 0.00473. The fourth-order valence-corrected chi connectivity index (χ4v) is 12.5. The Labute approximate surface area is 751 Å². The first-order chi connectivity index (χ1) is 61.9. The summed E-state index contributed by atoms with van der Waals surface area (Å²) < 4.78 is 55.0. The van der Waals surface area contributed by atoms with Crippen molar-refractivity contribution in [3.63, 3.8) is 0 Å². The Balaban J connectivity index is 6.46. The van der Waals surface area contributed by atoms with Crippen molar-refractivity contribution in [1.29, 1.82) is 0 Å². The van der Waals surface area contributed by atoms with Crippen LogP contribution >= 0.6 is 0 Å². The van der Waals surface area contributed by atoms with Gasteiger partial charge in [0.15, 0.2) is 0 Å². The quantitative estimate of drug-likeness (QED) is 0.0199. The fraction of sp³-hybridized carbons (Fsp3) is 0.864. The van der Waals surface area contributed by atoms with Crippen molar-refractivity contribution in [2.75, 3.05) is 388 Å². The summed E-state index contributed by atoms with van der Waals surface area (Å²) in [5, 5.41) is 132. The largest absolute Gasteiger partial charge is 0.464 e. The van der Waals surface area contributed by atoms with E-state index in [1.54, 1.807) is 53.9 Å². The van der Waals surface area contributed by atoms with Crippen LogP contribution in [0, 0.1) is 0 Å². The third-order valence-corrected chi connectivity index (χ3v) is 19.8. The van der Waals surface area contributed by atoms with Gasteiger partial charge in [0.2, 0.25) is 5.91 Å². The molecule has 128 heavy (non-hydrogen) atoms. The minimum Gasteiger partial charge on any atom is -0.464 e. The van der Waals surface area contributed by atoms with Crippen LogP contribution in [0.4, 0.5) is 0 Å². The molecule has 0 aliphatic heterocycles. The van der Waals surface area contributed by atoms with E-state index in [2.05, 4.69) is 0 Å². The summed E-state index contributed by atoms with van der Waals surface area (Å²) in [4.78, 5) is 163. The van der Waals surface area contributed by atoms with E-state index in [-0.39, 0.29) is 458 Å². The Hall–Kier alpha value is -6.83. The first kappa shape index (κ1) is 121. The van der Waals surface area contributed by atoms with Gasteiger partial charge in [-0.25, -0.2) is 0 Å². The highest BCUT2D eigenvalue weighted by Crippen LogP contribution is 2.09. The Bertz CT molecular complexity index is 2700. The van der Waals surface area contributed by atoms with Crippen LogP contribution in [0.1, 0.15) is 70.6 Å². The summed E-state index contributed by atoms with van der Waals surface area (Å²) in [6.45, 7) is 0.250. The van der Waals surface area contributed by atoms with Gasteiger partial charge in [0.05, 0.1) is 170 Å². The average Bonchev–Trinajstić information content (AvgIpc) is 0.935. The van der Waals surface area contributed by atoms with Gasteiger partial charge in [0.1, 0.15) is 66.1 Å². The standard InChI is InChI=1S/C81H154N12O35/c94-47-23-82(24-48-95)13-2-72(109)121-63-39-90(40-64-122-73(110)3-14-83(25-49-96)26-50-97)21-10-78(115)120-62-38-89(36-60-107)19-8-76(113)125-67-43-91(44-68-126-79(116)11-22-92(41-65-123-74(111)4-15-84(27-51-98)28-52-99)42-66-124-75(112)5-16-85(29-53-100)30-54-101)20-9-77(114)119-61-37-88(35-59-106)12-1-71(108)93(45-69-127-80(117)6-17-86(31-55-102)32-56-103)46-70-128-81(118)7-18-87(33-57-104)34-58-105/h94-107H,1-70H2. The number of carbonyl (C=O) groups excluding carboxylic acids is 11. The number of amides is 1. The number of carbonyl (C=O) groups is 11. The van der Waals surface area contributed by atoms with Gasteiger partial charge in [-0.3, -0.25) is 107 Å². The van der Waals surface area contributed by atoms with Gasteiger partial charge in [0, 0.05) is 222 Å². The number of aliphatic hydroxyl groups is 14. The molecular formula is C81H154N12O35. The predicted octanol–water partition coefficient (Wildman–Crippen LogP) is -10.2. The lowest BCUT2D eigenvalue weighted by Gasteiger charge is -2.26. The lowest BCUT2D eigenvalue weighted by Crippen LogP contribution is -2.40. The molecule has 0 aliphatic carbocycles. The van der Waals surface area contributed by atoms with Crippen LogP contribution in [-0.4, -0.2) is 584 Å². The Morgan fingerprint density at radius 1 is 0.133 bits per heavy atom. The van der Waals surface area contributed by atoms with Crippen molar-refractivity contribution < 1.29 is 172 Å². The average molecular weight is 1860 g/mol. The molecule has 0 aromatic heterocycles. The zero-order valence-electron chi connectivity index (χ0n) is 75.2. The van der Waals surface area contributed by atoms with E-state index in [4.69, 9.17) is 47.4 Å². The first-order valence-corrected chi connectivity index (χ1v) is 44.3. The Morgan fingerprint density at radius 2 is 0.234 bits per heavy atom. The van der Waals surface area contributed by atoms with Crippen molar-refractivity contribution in [3.05, 3.63) is 0 Å². The number of aliphatic hydroxyl groups excluding tert-OH is 14. The van der Waals surface area contributed by atoms with Crippen molar-refractivity contribution in [1.82, 2.24) is 58.8 Å². The highest BCUT2D eigenvalue weighted by molar-refractivity contribution is 5.77. The van der Waals surface area contributed by atoms with Gasteiger partial charge in [0.25, 0.3) is 0 Å². The topological polar surface area (TPSA) is 602 Å². The molecule has 47 nitrogen and oxygen atoms in total. The summed E-state index contributed by atoms with van der Waals surface area (Å²) in [5.74, 6) is -6.46. The summed E-state index contributed by atoms with van der Waals surface area (Å²) in [7, 11) is 0. The van der Waals surface area contributed by atoms with Gasteiger partial charge in [-0.15, -0.1) is 0 Å². The second kappa shape index (κ2) is 84.4. The van der Waals surface area contributed by atoms with E-state index in [1.807, 2.05) is 0 Å². The van der Waals surface area contributed by atoms with E-state index >= 15 is 0 Å². The number of esters is 10. The molecule has 0 aliphatic rings. The number of ether oxygens (including phenoxy) is 10. The molecule has 47 heteroatoms. The Morgan fingerprint density at radius 3 is 0.359 bits per heavy atom. The van der Waals surface area contributed by atoms with Gasteiger partial charge in [-0.05, 0) is 0 Å². The molecule has 0 radical (unpaired) electrons. The molecule has 0 aromatic rings. The maximum absolute atomic E-state index is 13.9. The normalized spacial score (nSPS) is 11.7. The van der Waals surface area contributed by atoms with Crippen LogP contribution in [0.2, 0.25) is 0 Å². The number of rotatable bonds is 91. The molecular weight excluding hydrogens is 1700 g/mol. The second-order valence-electron chi connectivity index (χ2n) is 29.2. The smallest absolute Gasteiger partial charge is 0.307 e. The molecule has 0 atom stereocenters. The van der Waals surface area contributed by atoms with Crippen LogP contribution in [-0.2, 0) is 100 Å². The van der Waals surface area contributed by atoms with Crippen LogP contribution in [0.25, 0.3) is 0 Å². The van der Waals surface area contributed by atoms with Gasteiger partial charge < -0.3 is 124 Å². The fourth-order valence-electron chi connectivity index (χ4n) is 12.5. The summed E-state index contributed by atoms with van der Waals surface area (Å²) in [6, 6.07) is 0. The van der Waals surface area contributed by atoms with E-state index in [1.165, 1.54) is 4.90 Å². The predicted molar refractivity (Wildman–Crippen MR) is 457 cm³/mol. The molecule has 748 valence electrons. The summed E-state index contributed by atoms with van der Waals surface area (Å²) >= 11 is 0. The molecule has 0 fully saturated rings. The van der Waals surface area contributed by atoms with Crippen LogP contribution < -0.4 is 0 Å². The van der Waals surface area contributed by atoms with E-state index in [0.717, 1.165) is 0 Å². The first-order valence-electron chi connectivity index (χ1n) is 44.3. The van der Waals surface area contributed by atoms with Crippen LogP contribution in [0.15, 0.2) is 0 Å². The maximum Gasteiger partial charge on any atom is 0.307 e. The van der Waals surface area contributed by atoms with Crippen molar-refractivity contribution >= 4 is 65.6 Å². The SMILES string of the molecule is O=C(CCN(CCO)CCO)OCCN(CCOC(=O)CCN(CCO)CCO)CCC(=O)OCCN(CCO)CCC(=O)OCCN(CCOC(=O)CCN(CCOC(=O)CCN(CCO)CCO)CCOC(=O)CCN(CCO)CCO)CCC(=O)OCCN(CCO)CCC(=O)N(CCOC(=O)CCN(CCO)CCO)CCOC(=O)CCN(CCO)CCO. The third-order valence-electron chi connectivity index (χ3n) is 19.8. The minimum atomic E-state index is -0.677. The molecule has 0 saturated carbocycles. The maximum atomic E-state index is 13.9. The molecule has 0 aromatic carbocycles. The molecule has 0 spiro atoms.